The monoisotopic (exact) mass is 389 g/mol. The molecule has 0 aromatic heterocycles. The van der Waals surface area contributed by atoms with Gasteiger partial charge in [-0.3, -0.25) is 0 Å². The first-order valence-electron chi connectivity index (χ1n) is 9.61. The number of rotatable bonds is 6. The Balaban J connectivity index is 1.64. The molecule has 5 nitrogen and oxygen atoms in total. The van der Waals surface area contributed by atoms with Crippen molar-refractivity contribution in [3.63, 3.8) is 0 Å². The molecule has 2 atom stereocenters. The third-order valence-corrected chi connectivity index (χ3v) is 5.24. The molecular formula is C24H23NO4. The summed E-state index contributed by atoms with van der Waals surface area (Å²) in [4.78, 5) is 11.4. The zero-order chi connectivity index (χ0) is 20.2. The predicted molar refractivity (Wildman–Crippen MR) is 112 cm³/mol. The van der Waals surface area contributed by atoms with Crippen molar-refractivity contribution >= 4 is 6.09 Å². The molecule has 29 heavy (non-hydrogen) atoms. The van der Waals surface area contributed by atoms with Crippen molar-refractivity contribution in [1.29, 1.82) is 0 Å². The van der Waals surface area contributed by atoms with Crippen molar-refractivity contribution in [2.75, 3.05) is 7.11 Å². The Morgan fingerprint density at radius 1 is 1.07 bits per heavy atom. The summed E-state index contributed by atoms with van der Waals surface area (Å²) in [5, 5.41) is 12.0. The summed E-state index contributed by atoms with van der Waals surface area (Å²) in [6.45, 7) is 0. The standard InChI is InChI=1S/C24H23NO4/c1-28-21-13-6-5-11-18(21)19-12-7-10-17-15-22(29-23(17)19)20(25-24(26)27)14-16-8-3-2-4-9-16/h2-13,20,22,25H,14-15H2,1H3,(H,26,27). The highest BCUT2D eigenvalue weighted by molar-refractivity contribution is 5.77. The van der Waals surface area contributed by atoms with Crippen molar-refractivity contribution in [1.82, 2.24) is 5.32 Å². The summed E-state index contributed by atoms with van der Waals surface area (Å²) in [6, 6.07) is 23.4. The summed E-state index contributed by atoms with van der Waals surface area (Å²) in [7, 11) is 1.65. The quantitative estimate of drug-likeness (QED) is 0.649. The van der Waals surface area contributed by atoms with Crippen molar-refractivity contribution in [2.45, 2.75) is 25.0 Å². The van der Waals surface area contributed by atoms with Gasteiger partial charge in [-0.15, -0.1) is 0 Å². The summed E-state index contributed by atoms with van der Waals surface area (Å²) in [5.41, 5.74) is 4.05. The van der Waals surface area contributed by atoms with Gasteiger partial charge in [0, 0.05) is 17.5 Å². The van der Waals surface area contributed by atoms with Gasteiger partial charge in [0.1, 0.15) is 17.6 Å². The van der Waals surface area contributed by atoms with Gasteiger partial charge in [0.05, 0.1) is 13.2 Å². The normalized spacial score (nSPS) is 15.8. The molecule has 1 aliphatic heterocycles. The highest BCUT2D eigenvalue weighted by Gasteiger charge is 2.33. The van der Waals surface area contributed by atoms with Crippen LogP contribution in [0.5, 0.6) is 11.5 Å². The Bertz CT molecular complexity index is 1000. The molecule has 1 aliphatic rings. The number of fused-ring (bicyclic) bond motifs is 1. The van der Waals surface area contributed by atoms with Crippen molar-refractivity contribution < 1.29 is 19.4 Å². The molecule has 1 heterocycles. The van der Waals surface area contributed by atoms with Crippen LogP contribution < -0.4 is 14.8 Å². The fourth-order valence-corrected chi connectivity index (χ4v) is 3.90. The van der Waals surface area contributed by atoms with Gasteiger partial charge in [-0.1, -0.05) is 66.7 Å². The van der Waals surface area contributed by atoms with Gasteiger partial charge in [-0.2, -0.15) is 0 Å². The summed E-state index contributed by atoms with van der Waals surface area (Å²) in [6.07, 6.45) is -0.112. The van der Waals surface area contributed by atoms with E-state index in [1.165, 1.54) is 0 Å². The number of methoxy groups -OCH3 is 1. The number of amides is 1. The van der Waals surface area contributed by atoms with Gasteiger partial charge < -0.3 is 19.9 Å². The second kappa shape index (κ2) is 8.27. The van der Waals surface area contributed by atoms with Crippen LogP contribution in [0, 0.1) is 0 Å². The van der Waals surface area contributed by atoms with Crippen molar-refractivity contribution in [3.05, 3.63) is 83.9 Å². The van der Waals surface area contributed by atoms with E-state index >= 15 is 0 Å². The number of carbonyl (C=O) groups is 1. The zero-order valence-corrected chi connectivity index (χ0v) is 16.2. The number of hydrogen-bond donors (Lipinski definition) is 2. The molecule has 0 aliphatic carbocycles. The van der Waals surface area contributed by atoms with E-state index in [0.717, 1.165) is 33.8 Å². The maximum atomic E-state index is 11.4. The minimum absolute atomic E-state index is 0.280. The Hall–Kier alpha value is -3.47. The van der Waals surface area contributed by atoms with Gasteiger partial charge in [0.2, 0.25) is 0 Å². The van der Waals surface area contributed by atoms with Gasteiger partial charge >= 0.3 is 6.09 Å². The average molecular weight is 389 g/mol. The largest absolute Gasteiger partial charge is 0.496 e. The number of para-hydroxylation sites is 2. The minimum atomic E-state index is -1.05. The van der Waals surface area contributed by atoms with E-state index in [9.17, 15) is 9.90 Å². The highest BCUT2D eigenvalue weighted by Crippen LogP contribution is 2.42. The van der Waals surface area contributed by atoms with E-state index in [0.29, 0.717) is 12.8 Å². The molecule has 3 aromatic rings. The third kappa shape index (κ3) is 4.04. The molecule has 2 N–H and O–H groups in total. The third-order valence-electron chi connectivity index (χ3n) is 5.24. The molecule has 0 saturated heterocycles. The molecule has 0 radical (unpaired) electrons. The lowest BCUT2D eigenvalue weighted by Crippen LogP contribution is -2.46. The second-order valence-corrected chi connectivity index (χ2v) is 7.10. The SMILES string of the molecule is COc1ccccc1-c1cccc2c1OC(C(Cc1ccccc1)NC(=O)O)C2. The molecule has 4 rings (SSSR count). The highest BCUT2D eigenvalue weighted by atomic mass is 16.5. The minimum Gasteiger partial charge on any atom is -0.496 e. The Morgan fingerprint density at radius 2 is 1.79 bits per heavy atom. The molecule has 0 fully saturated rings. The smallest absolute Gasteiger partial charge is 0.405 e. The van der Waals surface area contributed by atoms with Crippen LogP contribution in [0.3, 0.4) is 0 Å². The number of nitrogens with one attached hydrogen (secondary N) is 1. The number of hydrogen-bond acceptors (Lipinski definition) is 3. The molecule has 0 spiro atoms. The molecule has 3 aromatic carbocycles. The zero-order valence-electron chi connectivity index (χ0n) is 16.2. The van der Waals surface area contributed by atoms with Gasteiger partial charge in [-0.05, 0) is 23.6 Å². The first-order valence-corrected chi connectivity index (χ1v) is 9.61. The van der Waals surface area contributed by atoms with Crippen LogP contribution in [0.15, 0.2) is 72.8 Å². The summed E-state index contributed by atoms with van der Waals surface area (Å²) in [5.74, 6) is 1.57. The van der Waals surface area contributed by atoms with E-state index in [4.69, 9.17) is 9.47 Å². The lowest BCUT2D eigenvalue weighted by Gasteiger charge is -2.24. The van der Waals surface area contributed by atoms with Gasteiger partial charge in [0.25, 0.3) is 0 Å². The molecular weight excluding hydrogens is 366 g/mol. The molecule has 1 amide bonds. The van der Waals surface area contributed by atoms with Crippen LogP contribution >= 0.6 is 0 Å². The average Bonchev–Trinajstić information content (AvgIpc) is 3.18. The first-order chi connectivity index (χ1) is 14.2. The lowest BCUT2D eigenvalue weighted by atomic mass is 9.96. The van der Waals surface area contributed by atoms with E-state index < -0.39 is 6.09 Å². The number of carboxylic acid groups (broad SMARTS) is 1. The molecule has 2 unspecified atom stereocenters. The van der Waals surface area contributed by atoms with Crippen LogP contribution in [0.2, 0.25) is 0 Å². The van der Waals surface area contributed by atoms with Crippen LogP contribution in [0.25, 0.3) is 11.1 Å². The van der Waals surface area contributed by atoms with Crippen LogP contribution in [0.1, 0.15) is 11.1 Å². The van der Waals surface area contributed by atoms with E-state index in [1.54, 1.807) is 7.11 Å². The molecule has 0 saturated carbocycles. The Labute approximate surface area is 169 Å². The fourth-order valence-electron chi connectivity index (χ4n) is 3.90. The predicted octanol–water partition coefficient (Wildman–Crippen LogP) is 4.54. The molecule has 0 bridgehead atoms. The van der Waals surface area contributed by atoms with Crippen LogP contribution in [-0.2, 0) is 12.8 Å². The maximum absolute atomic E-state index is 11.4. The fraction of sp³-hybridized carbons (Fsp3) is 0.208. The van der Waals surface area contributed by atoms with Crippen molar-refractivity contribution in [3.8, 4) is 22.6 Å². The van der Waals surface area contributed by atoms with E-state index in [-0.39, 0.29) is 12.1 Å². The van der Waals surface area contributed by atoms with E-state index in [1.807, 2.05) is 72.8 Å². The Kier molecular flexibility index (Phi) is 5.38. The topological polar surface area (TPSA) is 67.8 Å². The molecule has 5 heteroatoms. The van der Waals surface area contributed by atoms with Crippen LogP contribution in [-0.4, -0.2) is 30.5 Å². The molecule has 148 valence electrons. The number of benzene rings is 3. The van der Waals surface area contributed by atoms with Crippen molar-refractivity contribution in [2.24, 2.45) is 0 Å². The second-order valence-electron chi connectivity index (χ2n) is 7.10. The van der Waals surface area contributed by atoms with Gasteiger partial charge in [-0.25, -0.2) is 4.79 Å². The first kappa shape index (κ1) is 18.9. The maximum Gasteiger partial charge on any atom is 0.405 e. The Morgan fingerprint density at radius 3 is 2.55 bits per heavy atom. The van der Waals surface area contributed by atoms with Crippen LogP contribution in [0.4, 0.5) is 4.79 Å². The van der Waals surface area contributed by atoms with E-state index in [2.05, 4.69) is 5.32 Å². The summed E-state index contributed by atoms with van der Waals surface area (Å²) < 4.78 is 11.9. The lowest BCUT2D eigenvalue weighted by molar-refractivity contribution is 0.154. The summed E-state index contributed by atoms with van der Waals surface area (Å²) >= 11 is 0. The number of ether oxygens (including phenoxy) is 2. The van der Waals surface area contributed by atoms with Gasteiger partial charge in [0.15, 0.2) is 0 Å².